The van der Waals surface area contributed by atoms with Crippen molar-refractivity contribution in [3.05, 3.63) is 42.5 Å². The lowest BCUT2D eigenvalue weighted by Gasteiger charge is -2.25. The van der Waals surface area contributed by atoms with Gasteiger partial charge in [0.1, 0.15) is 0 Å². The fraction of sp³-hybridized carbons (Fsp3) is 0.235. The number of para-hydroxylation sites is 3. The molecule has 0 atom stereocenters. The Labute approximate surface area is 142 Å². The Morgan fingerprint density at radius 3 is 2.32 bits per heavy atom. The molecule has 0 aliphatic carbocycles. The van der Waals surface area contributed by atoms with Crippen molar-refractivity contribution in [3.63, 3.8) is 0 Å². The second-order valence-corrected chi connectivity index (χ2v) is 5.70. The second kappa shape index (κ2) is 6.06. The first-order valence-corrected chi connectivity index (χ1v) is 7.91. The van der Waals surface area contributed by atoms with Crippen LogP contribution in [-0.2, 0) is 4.74 Å². The monoisotopic (exact) mass is 343 g/mol. The highest BCUT2D eigenvalue weighted by Crippen LogP contribution is 2.23. The molecule has 0 bridgehead atoms. The smallest absolute Gasteiger partial charge is 0.403 e. The highest BCUT2D eigenvalue weighted by molar-refractivity contribution is 5.83. The van der Waals surface area contributed by atoms with Crippen molar-refractivity contribution >= 4 is 28.2 Å². The number of ether oxygens (including phenoxy) is 2. The molecular weight excluding hydrogens is 326 g/mol. The van der Waals surface area contributed by atoms with Gasteiger partial charge in [-0.25, -0.2) is 4.79 Å². The Morgan fingerprint density at radius 1 is 0.960 bits per heavy atom. The predicted molar refractivity (Wildman–Crippen MR) is 84.6 cm³/mol. The van der Waals surface area contributed by atoms with Gasteiger partial charge >= 0.3 is 28.2 Å². The largest absolute Gasteiger partial charge is 0.415 e. The van der Waals surface area contributed by atoms with Crippen molar-refractivity contribution < 1.29 is 34.1 Å². The van der Waals surface area contributed by atoms with Crippen LogP contribution in [0.15, 0.2) is 42.5 Å². The van der Waals surface area contributed by atoms with Crippen molar-refractivity contribution in [3.8, 4) is 5.75 Å². The van der Waals surface area contributed by atoms with Crippen LogP contribution in [0.4, 0.5) is 4.79 Å². The van der Waals surface area contributed by atoms with E-state index in [4.69, 9.17) is 9.47 Å². The molecule has 0 saturated carbocycles. The first kappa shape index (κ1) is 15.4. The third kappa shape index (κ3) is 2.56. The fourth-order valence-corrected chi connectivity index (χ4v) is 2.95. The molecule has 1 amide bonds. The molecule has 128 valence electrons. The summed E-state index contributed by atoms with van der Waals surface area (Å²) in [5, 5.41) is 21.1. The average Bonchev–Trinajstić information content (AvgIpc) is 2.66. The molecule has 0 unspecified atom stereocenters. The van der Waals surface area contributed by atoms with Crippen LogP contribution in [-0.4, -0.2) is 47.7 Å². The number of amides is 1. The number of morpholine rings is 1. The number of aromatic nitrogens is 2. The maximum absolute atomic E-state index is 12.4. The molecule has 4 rings (SSSR count). The Kier molecular flexibility index (Phi) is 3.73. The highest BCUT2D eigenvalue weighted by Gasteiger charge is 2.32. The normalized spacial score (nSPS) is 14.8. The van der Waals surface area contributed by atoms with E-state index in [1.54, 1.807) is 42.5 Å². The molecule has 0 spiro atoms. The number of carbonyl (C=O) groups excluding carboxylic acids is 1. The molecule has 2 heterocycles. The van der Waals surface area contributed by atoms with Crippen LogP contribution in [0.5, 0.6) is 5.75 Å². The summed E-state index contributed by atoms with van der Waals surface area (Å²) in [6, 6.07) is 11.7. The Hall–Kier alpha value is -3.13. The van der Waals surface area contributed by atoms with Crippen molar-refractivity contribution in [2.75, 3.05) is 26.3 Å². The van der Waals surface area contributed by atoms with E-state index in [9.17, 15) is 15.2 Å². The van der Waals surface area contributed by atoms with Crippen LogP contribution in [0.25, 0.3) is 22.1 Å². The summed E-state index contributed by atoms with van der Waals surface area (Å²) in [5.41, 5.74) is 1.32. The Bertz CT molecular complexity index is 969. The first-order valence-electron chi connectivity index (χ1n) is 7.91. The average molecular weight is 343 g/mol. The maximum Gasteiger partial charge on any atom is 0.415 e. The number of benzene rings is 2. The van der Waals surface area contributed by atoms with Gasteiger partial charge in [0.15, 0.2) is 0 Å². The zero-order valence-corrected chi connectivity index (χ0v) is 13.3. The van der Waals surface area contributed by atoms with Crippen LogP contribution in [0, 0.1) is 0 Å². The quantitative estimate of drug-likeness (QED) is 0.389. The molecule has 1 saturated heterocycles. The molecule has 2 aromatic carbocycles. The van der Waals surface area contributed by atoms with Gasteiger partial charge in [-0.05, 0) is 6.07 Å². The van der Waals surface area contributed by atoms with Gasteiger partial charge in [0.2, 0.25) is 5.75 Å². The number of hydrogen-bond acceptors (Lipinski definition) is 5. The summed E-state index contributed by atoms with van der Waals surface area (Å²) in [6.07, 6.45) is -0.520. The summed E-state index contributed by atoms with van der Waals surface area (Å²) in [7, 11) is 0. The number of carbonyl (C=O) groups is 1. The molecule has 8 heteroatoms. The number of nitrogens with zero attached hydrogens (tertiary/aromatic N) is 3. The van der Waals surface area contributed by atoms with E-state index in [0.717, 1.165) is 9.46 Å². The van der Waals surface area contributed by atoms with E-state index in [0.29, 0.717) is 42.9 Å². The van der Waals surface area contributed by atoms with Gasteiger partial charge in [-0.15, -0.1) is 0 Å². The molecular formula is C17H17N3O5+2. The standard InChI is InChI=1S/C17H17N3O5/c21-17(18-8-10-24-11-9-18)25-15-7-3-6-14-16(15)20(23)13-5-2-1-4-12(13)19(14)22/h1-7,22-23H,8-11H2/q+2. The van der Waals surface area contributed by atoms with E-state index in [1.807, 2.05) is 0 Å². The van der Waals surface area contributed by atoms with E-state index in [-0.39, 0.29) is 11.3 Å². The predicted octanol–water partition coefficient (Wildman–Crippen LogP) is 0.874. The van der Waals surface area contributed by atoms with Crippen molar-refractivity contribution in [2.24, 2.45) is 0 Å². The van der Waals surface area contributed by atoms with Gasteiger partial charge in [-0.2, -0.15) is 0 Å². The molecule has 1 aliphatic heterocycles. The molecule has 1 aliphatic rings. The minimum absolute atomic E-state index is 0.157. The SMILES string of the molecule is O=C(Oc1cccc2c1[n+](O)c1ccccc1[n+]2O)N1CCOCC1. The van der Waals surface area contributed by atoms with Gasteiger partial charge in [0.25, 0.3) is 0 Å². The lowest BCUT2D eigenvalue weighted by Crippen LogP contribution is -2.44. The zero-order chi connectivity index (χ0) is 17.4. The van der Waals surface area contributed by atoms with Gasteiger partial charge in [0.05, 0.1) is 13.2 Å². The summed E-state index contributed by atoms with van der Waals surface area (Å²) in [5.74, 6) is 0.157. The molecule has 1 fully saturated rings. The van der Waals surface area contributed by atoms with Gasteiger partial charge in [-0.1, -0.05) is 18.2 Å². The fourth-order valence-electron chi connectivity index (χ4n) is 2.95. The Balaban J connectivity index is 1.83. The summed E-state index contributed by atoms with van der Waals surface area (Å²) in [4.78, 5) is 13.9. The highest BCUT2D eigenvalue weighted by atomic mass is 16.6. The summed E-state index contributed by atoms with van der Waals surface area (Å²) >= 11 is 0. The lowest BCUT2D eigenvalue weighted by molar-refractivity contribution is -0.894. The van der Waals surface area contributed by atoms with E-state index in [1.165, 1.54) is 4.90 Å². The second-order valence-electron chi connectivity index (χ2n) is 5.70. The molecule has 1 aromatic heterocycles. The summed E-state index contributed by atoms with van der Waals surface area (Å²) < 4.78 is 12.6. The third-order valence-electron chi connectivity index (χ3n) is 4.22. The molecule has 3 aromatic rings. The van der Waals surface area contributed by atoms with Crippen molar-refractivity contribution in [1.29, 1.82) is 0 Å². The zero-order valence-electron chi connectivity index (χ0n) is 13.3. The lowest BCUT2D eigenvalue weighted by atomic mass is 10.2. The van der Waals surface area contributed by atoms with Gasteiger partial charge in [0, 0.05) is 40.7 Å². The van der Waals surface area contributed by atoms with Crippen LogP contribution in [0.1, 0.15) is 0 Å². The molecule has 2 N–H and O–H groups in total. The third-order valence-corrected chi connectivity index (χ3v) is 4.22. The van der Waals surface area contributed by atoms with Crippen LogP contribution in [0.2, 0.25) is 0 Å². The number of rotatable bonds is 1. The minimum Gasteiger partial charge on any atom is -0.403 e. The van der Waals surface area contributed by atoms with E-state index >= 15 is 0 Å². The topological polar surface area (TPSA) is 87.0 Å². The Morgan fingerprint density at radius 2 is 1.60 bits per heavy atom. The molecule has 0 radical (unpaired) electrons. The molecule has 8 nitrogen and oxygen atoms in total. The van der Waals surface area contributed by atoms with Crippen LogP contribution < -0.4 is 14.2 Å². The van der Waals surface area contributed by atoms with E-state index < -0.39 is 6.09 Å². The van der Waals surface area contributed by atoms with Gasteiger partial charge in [-0.3, -0.25) is 10.4 Å². The van der Waals surface area contributed by atoms with E-state index in [2.05, 4.69) is 0 Å². The first-order chi connectivity index (χ1) is 12.2. The van der Waals surface area contributed by atoms with Crippen LogP contribution >= 0.6 is 0 Å². The minimum atomic E-state index is -0.520. The number of fused-ring (bicyclic) bond motifs is 2. The summed E-state index contributed by atoms with van der Waals surface area (Å²) in [6.45, 7) is 1.83. The van der Waals surface area contributed by atoms with Crippen molar-refractivity contribution in [1.82, 2.24) is 4.90 Å². The van der Waals surface area contributed by atoms with Crippen molar-refractivity contribution in [2.45, 2.75) is 0 Å². The van der Waals surface area contributed by atoms with Crippen LogP contribution in [0.3, 0.4) is 0 Å². The van der Waals surface area contributed by atoms with Gasteiger partial charge < -0.3 is 14.4 Å². The molecule has 25 heavy (non-hydrogen) atoms. The maximum atomic E-state index is 12.4. The number of hydrogen-bond donors (Lipinski definition) is 2.